The molecule has 0 aliphatic heterocycles. The van der Waals surface area contributed by atoms with Crippen LogP contribution in [0.25, 0.3) is 11.1 Å². The lowest BCUT2D eigenvalue weighted by Crippen LogP contribution is -2.00. The Labute approximate surface area is 107 Å². The molecule has 86 valence electrons. The van der Waals surface area contributed by atoms with Crippen molar-refractivity contribution in [3.63, 3.8) is 0 Å². The number of halogens is 1. The molecule has 0 aliphatic carbocycles. The summed E-state index contributed by atoms with van der Waals surface area (Å²) in [5, 5.41) is 9.20. The first-order valence-corrected chi connectivity index (χ1v) is 5.82. The molecule has 1 aromatic heterocycles. The summed E-state index contributed by atoms with van der Waals surface area (Å²) in [5.41, 5.74) is 2.81. The zero-order chi connectivity index (χ0) is 12.4. The summed E-state index contributed by atoms with van der Waals surface area (Å²) in [6.07, 6.45) is 3.38. The SMILES string of the molecule is Cc1ccncc1-c1ccc(Br)cc1C(=O)O. The van der Waals surface area contributed by atoms with Crippen molar-refractivity contribution in [2.24, 2.45) is 0 Å². The van der Waals surface area contributed by atoms with Gasteiger partial charge < -0.3 is 5.11 Å². The number of rotatable bonds is 2. The van der Waals surface area contributed by atoms with Gasteiger partial charge in [0.2, 0.25) is 0 Å². The molecule has 0 saturated carbocycles. The van der Waals surface area contributed by atoms with E-state index in [9.17, 15) is 9.90 Å². The van der Waals surface area contributed by atoms with E-state index in [0.29, 0.717) is 5.56 Å². The van der Waals surface area contributed by atoms with Crippen LogP contribution in [0.2, 0.25) is 0 Å². The molecule has 4 heteroatoms. The smallest absolute Gasteiger partial charge is 0.336 e. The van der Waals surface area contributed by atoms with Crippen LogP contribution in [0.3, 0.4) is 0 Å². The lowest BCUT2D eigenvalue weighted by Gasteiger charge is -2.09. The molecule has 0 bridgehead atoms. The van der Waals surface area contributed by atoms with Crippen molar-refractivity contribution in [1.82, 2.24) is 4.98 Å². The van der Waals surface area contributed by atoms with Crippen LogP contribution >= 0.6 is 15.9 Å². The van der Waals surface area contributed by atoms with Crippen molar-refractivity contribution in [1.29, 1.82) is 0 Å². The third-order valence-corrected chi connectivity index (χ3v) is 3.03. The fourth-order valence-corrected chi connectivity index (χ4v) is 2.04. The molecule has 0 aliphatic rings. The van der Waals surface area contributed by atoms with Gasteiger partial charge in [-0.25, -0.2) is 4.79 Å². The first-order valence-electron chi connectivity index (χ1n) is 5.03. The summed E-state index contributed by atoms with van der Waals surface area (Å²) >= 11 is 3.28. The molecule has 0 unspecified atom stereocenters. The van der Waals surface area contributed by atoms with Gasteiger partial charge in [-0.2, -0.15) is 0 Å². The molecule has 1 heterocycles. The van der Waals surface area contributed by atoms with Gasteiger partial charge in [-0.05, 0) is 36.2 Å². The van der Waals surface area contributed by atoms with E-state index >= 15 is 0 Å². The topological polar surface area (TPSA) is 50.2 Å². The number of aromatic carboxylic acids is 1. The van der Waals surface area contributed by atoms with Crippen LogP contribution in [0.1, 0.15) is 15.9 Å². The Hall–Kier alpha value is -1.68. The second kappa shape index (κ2) is 4.67. The maximum atomic E-state index is 11.2. The van der Waals surface area contributed by atoms with Gasteiger partial charge in [0, 0.05) is 22.4 Å². The number of aryl methyl sites for hydroxylation is 1. The Morgan fingerprint density at radius 3 is 2.71 bits per heavy atom. The molecule has 0 amide bonds. The van der Waals surface area contributed by atoms with E-state index in [4.69, 9.17) is 0 Å². The molecule has 0 spiro atoms. The quantitative estimate of drug-likeness (QED) is 0.921. The maximum absolute atomic E-state index is 11.2. The number of hydrogen-bond acceptors (Lipinski definition) is 2. The largest absolute Gasteiger partial charge is 0.478 e. The third kappa shape index (κ3) is 2.36. The number of pyridine rings is 1. The Bertz CT molecular complexity index is 581. The molecule has 1 N–H and O–H groups in total. The van der Waals surface area contributed by atoms with Crippen molar-refractivity contribution >= 4 is 21.9 Å². The van der Waals surface area contributed by atoms with E-state index in [1.165, 1.54) is 0 Å². The van der Waals surface area contributed by atoms with E-state index in [1.54, 1.807) is 24.5 Å². The maximum Gasteiger partial charge on any atom is 0.336 e. The highest BCUT2D eigenvalue weighted by atomic mass is 79.9. The summed E-state index contributed by atoms with van der Waals surface area (Å²) in [6, 6.07) is 7.08. The van der Waals surface area contributed by atoms with E-state index in [1.807, 2.05) is 19.1 Å². The van der Waals surface area contributed by atoms with Gasteiger partial charge in [0.25, 0.3) is 0 Å². The second-order valence-electron chi connectivity index (χ2n) is 3.69. The van der Waals surface area contributed by atoms with E-state index < -0.39 is 5.97 Å². The standard InChI is InChI=1S/C13H10BrNO2/c1-8-4-5-15-7-12(8)10-3-2-9(14)6-11(10)13(16)17/h2-7H,1H3,(H,16,17). The van der Waals surface area contributed by atoms with Gasteiger partial charge in [-0.1, -0.05) is 22.0 Å². The Morgan fingerprint density at radius 1 is 1.29 bits per heavy atom. The van der Waals surface area contributed by atoms with Gasteiger partial charge in [0.15, 0.2) is 0 Å². The average molecular weight is 292 g/mol. The van der Waals surface area contributed by atoms with Crippen LogP contribution in [0.4, 0.5) is 0 Å². The number of carboxylic acid groups (broad SMARTS) is 1. The predicted octanol–water partition coefficient (Wildman–Crippen LogP) is 3.52. The molecule has 0 radical (unpaired) electrons. The first kappa shape index (κ1) is 11.8. The zero-order valence-corrected chi connectivity index (χ0v) is 10.7. The summed E-state index contributed by atoms with van der Waals surface area (Å²) in [4.78, 5) is 15.3. The second-order valence-corrected chi connectivity index (χ2v) is 4.60. The highest BCUT2D eigenvalue weighted by Gasteiger charge is 2.13. The van der Waals surface area contributed by atoms with E-state index in [0.717, 1.165) is 15.6 Å². The van der Waals surface area contributed by atoms with Gasteiger partial charge >= 0.3 is 5.97 Å². The number of carboxylic acids is 1. The molecular weight excluding hydrogens is 282 g/mol. The summed E-state index contributed by atoms with van der Waals surface area (Å²) < 4.78 is 0.750. The van der Waals surface area contributed by atoms with Crippen molar-refractivity contribution < 1.29 is 9.90 Å². The molecule has 3 nitrogen and oxygen atoms in total. The van der Waals surface area contributed by atoms with Crippen molar-refractivity contribution in [3.8, 4) is 11.1 Å². The number of benzene rings is 1. The molecule has 0 atom stereocenters. The van der Waals surface area contributed by atoms with Gasteiger partial charge in [0.1, 0.15) is 0 Å². The first-order chi connectivity index (χ1) is 8.09. The molecular formula is C13H10BrNO2. The molecule has 1 aromatic carbocycles. The minimum atomic E-state index is -0.940. The minimum Gasteiger partial charge on any atom is -0.478 e. The zero-order valence-electron chi connectivity index (χ0n) is 9.14. The van der Waals surface area contributed by atoms with E-state index in [-0.39, 0.29) is 5.56 Å². The lowest BCUT2D eigenvalue weighted by molar-refractivity contribution is 0.0697. The third-order valence-electron chi connectivity index (χ3n) is 2.54. The van der Waals surface area contributed by atoms with Crippen LogP contribution in [0, 0.1) is 6.92 Å². The fourth-order valence-electron chi connectivity index (χ4n) is 1.67. The van der Waals surface area contributed by atoms with Crippen LogP contribution in [-0.2, 0) is 0 Å². The van der Waals surface area contributed by atoms with Crippen LogP contribution < -0.4 is 0 Å². The fraction of sp³-hybridized carbons (Fsp3) is 0.0769. The Balaban J connectivity index is 2.68. The molecule has 0 saturated heterocycles. The normalized spacial score (nSPS) is 10.2. The number of hydrogen-bond donors (Lipinski definition) is 1. The summed E-state index contributed by atoms with van der Waals surface area (Å²) in [5.74, 6) is -0.940. The van der Waals surface area contributed by atoms with Crippen LogP contribution in [0.15, 0.2) is 41.1 Å². The van der Waals surface area contributed by atoms with Crippen molar-refractivity contribution in [3.05, 3.63) is 52.3 Å². The van der Waals surface area contributed by atoms with Crippen LogP contribution in [0.5, 0.6) is 0 Å². The number of nitrogens with zero attached hydrogens (tertiary/aromatic N) is 1. The summed E-state index contributed by atoms with van der Waals surface area (Å²) in [7, 11) is 0. The molecule has 2 aromatic rings. The number of carbonyl (C=O) groups is 1. The molecule has 2 rings (SSSR count). The minimum absolute atomic E-state index is 0.274. The van der Waals surface area contributed by atoms with Crippen molar-refractivity contribution in [2.75, 3.05) is 0 Å². The van der Waals surface area contributed by atoms with E-state index in [2.05, 4.69) is 20.9 Å². The number of aromatic nitrogens is 1. The summed E-state index contributed by atoms with van der Waals surface area (Å²) in [6.45, 7) is 1.94. The highest BCUT2D eigenvalue weighted by molar-refractivity contribution is 9.10. The monoisotopic (exact) mass is 291 g/mol. The van der Waals surface area contributed by atoms with Crippen molar-refractivity contribution in [2.45, 2.75) is 6.92 Å². The average Bonchev–Trinajstić information content (AvgIpc) is 2.30. The van der Waals surface area contributed by atoms with Gasteiger partial charge in [-0.3, -0.25) is 4.98 Å². The molecule has 0 fully saturated rings. The Kier molecular flexibility index (Phi) is 3.24. The molecule has 17 heavy (non-hydrogen) atoms. The van der Waals surface area contributed by atoms with Gasteiger partial charge in [-0.15, -0.1) is 0 Å². The Morgan fingerprint density at radius 2 is 2.06 bits per heavy atom. The van der Waals surface area contributed by atoms with Crippen LogP contribution in [-0.4, -0.2) is 16.1 Å². The highest BCUT2D eigenvalue weighted by Crippen LogP contribution is 2.28. The van der Waals surface area contributed by atoms with Gasteiger partial charge in [0.05, 0.1) is 5.56 Å². The lowest BCUT2D eigenvalue weighted by atomic mass is 9.98. The predicted molar refractivity (Wildman–Crippen MR) is 69.1 cm³/mol.